The van der Waals surface area contributed by atoms with E-state index >= 15 is 4.39 Å². The van der Waals surface area contributed by atoms with Gasteiger partial charge < -0.3 is 5.73 Å². The number of carbonyl (C=O) groups excluding carboxylic acids is 1. The van der Waals surface area contributed by atoms with Crippen LogP contribution in [0, 0.1) is 11.6 Å². The fourth-order valence-electron chi connectivity index (χ4n) is 3.91. The van der Waals surface area contributed by atoms with Crippen molar-refractivity contribution < 1.29 is 13.6 Å². The molecular weight excluding hydrogens is 511 g/mol. The molecule has 0 bridgehead atoms. The molecule has 0 fully saturated rings. The van der Waals surface area contributed by atoms with Crippen LogP contribution in [0.15, 0.2) is 77.5 Å². The third-order valence-corrected chi connectivity index (χ3v) is 6.73. The molecular formula is C26H15Cl2F2N3OS. The van der Waals surface area contributed by atoms with Crippen molar-refractivity contribution in [1.29, 1.82) is 0 Å². The number of nitrogens with zero attached hydrogens (tertiary/aromatic N) is 2. The summed E-state index contributed by atoms with van der Waals surface area (Å²) in [5.74, 6) is -1.51. The quantitative estimate of drug-likeness (QED) is 0.256. The van der Waals surface area contributed by atoms with Gasteiger partial charge in [-0.15, -0.1) is 0 Å². The number of hydrogen-bond donors (Lipinski definition) is 1. The summed E-state index contributed by atoms with van der Waals surface area (Å²) in [5, 5.41) is 3.54. The predicted molar refractivity (Wildman–Crippen MR) is 136 cm³/mol. The fraction of sp³-hybridized carbons (Fsp3) is 0. The molecule has 0 aliphatic rings. The molecule has 0 radical (unpaired) electrons. The SMILES string of the molecule is NC(=O)c1ccccc1-c1nc(-c2ccsc2)n(-c2cccc(Cl)c2F)c1-c1ccc(F)c(Cl)c1. The Bertz CT molecular complexity index is 1580. The molecule has 174 valence electrons. The van der Waals surface area contributed by atoms with Gasteiger partial charge in [0.15, 0.2) is 5.82 Å². The molecule has 9 heteroatoms. The number of thiophene rings is 1. The second-order valence-electron chi connectivity index (χ2n) is 7.59. The number of benzene rings is 3. The molecule has 2 heterocycles. The van der Waals surface area contributed by atoms with Gasteiger partial charge in [0.05, 0.1) is 27.1 Å². The number of amides is 1. The first-order valence-electron chi connectivity index (χ1n) is 10.3. The summed E-state index contributed by atoms with van der Waals surface area (Å²) in [5.41, 5.74) is 8.37. The molecule has 3 aromatic carbocycles. The van der Waals surface area contributed by atoms with E-state index < -0.39 is 17.5 Å². The van der Waals surface area contributed by atoms with Crippen molar-refractivity contribution in [3.63, 3.8) is 0 Å². The van der Waals surface area contributed by atoms with Crippen LogP contribution >= 0.6 is 34.5 Å². The molecule has 0 unspecified atom stereocenters. The van der Waals surface area contributed by atoms with Gasteiger partial charge in [0.2, 0.25) is 5.91 Å². The normalized spacial score (nSPS) is 11.1. The summed E-state index contributed by atoms with van der Waals surface area (Å²) in [6.45, 7) is 0. The minimum absolute atomic E-state index is 0.0744. The van der Waals surface area contributed by atoms with Gasteiger partial charge in [-0.05, 0) is 47.8 Å². The van der Waals surface area contributed by atoms with Gasteiger partial charge in [-0.25, -0.2) is 13.8 Å². The first-order valence-corrected chi connectivity index (χ1v) is 12.0. The topological polar surface area (TPSA) is 60.9 Å². The van der Waals surface area contributed by atoms with E-state index in [1.54, 1.807) is 41.0 Å². The van der Waals surface area contributed by atoms with Crippen molar-refractivity contribution in [2.45, 2.75) is 0 Å². The van der Waals surface area contributed by atoms with Crippen LogP contribution in [-0.2, 0) is 0 Å². The molecule has 0 atom stereocenters. The van der Waals surface area contributed by atoms with Crippen molar-refractivity contribution in [3.8, 4) is 39.6 Å². The molecule has 5 rings (SSSR count). The number of hydrogen-bond acceptors (Lipinski definition) is 3. The number of aromatic nitrogens is 2. The van der Waals surface area contributed by atoms with Crippen molar-refractivity contribution in [2.75, 3.05) is 0 Å². The van der Waals surface area contributed by atoms with Gasteiger partial charge >= 0.3 is 0 Å². The molecule has 1 amide bonds. The molecule has 0 spiro atoms. The van der Waals surface area contributed by atoms with Crippen LogP contribution < -0.4 is 5.73 Å². The number of carbonyl (C=O) groups is 1. The molecule has 0 saturated heterocycles. The summed E-state index contributed by atoms with van der Waals surface area (Å²) in [6.07, 6.45) is 0. The summed E-state index contributed by atoms with van der Waals surface area (Å²) in [6, 6.07) is 17.4. The van der Waals surface area contributed by atoms with E-state index in [2.05, 4.69) is 0 Å². The molecule has 2 N–H and O–H groups in total. The lowest BCUT2D eigenvalue weighted by Gasteiger charge is -2.15. The highest BCUT2D eigenvalue weighted by Gasteiger charge is 2.27. The zero-order chi connectivity index (χ0) is 24.7. The van der Waals surface area contributed by atoms with Gasteiger partial charge in [-0.2, -0.15) is 11.3 Å². The molecule has 5 aromatic rings. The largest absolute Gasteiger partial charge is 0.366 e. The van der Waals surface area contributed by atoms with E-state index in [-0.39, 0.29) is 21.3 Å². The van der Waals surface area contributed by atoms with E-state index in [1.165, 1.54) is 35.6 Å². The fourth-order valence-corrected chi connectivity index (χ4v) is 4.89. The lowest BCUT2D eigenvalue weighted by molar-refractivity contribution is 0.100. The van der Waals surface area contributed by atoms with Gasteiger partial charge in [0, 0.05) is 27.6 Å². The minimum Gasteiger partial charge on any atom is -0.366 e. The molecule has 2 aromatic heterocycles. The number of imidazole rings is 1. The van der Waals surface area contributed by atoms with Crippen molar-refractivity contribution in [1.82, 2.24) is 9.55 Å². The highest BCUT2D eigenvalue weighted by Crippen LogP contribution is 2.41. The minimum atomic E-state index is -0.660. The van der Waals surface area contributed by atoms with Crippen LogP contribution in [0.2, 0.25) is 10.0 Å². The summed E-state index contributed by atoms with van der Waals surface area (Å²) in [7, 11) is 0. The Balaban J connectivity index is 1.96. The van der Waals surface area contributed by atoms with Crippen molar-refractivity contribution in [3.05, 3.63) is 105 Å². The Morgan fingerprint density at radius 1 is 0.943 bits per heavy atom. The van der Waals surface area contributed by atoms with Crippen molar-refractivity contribution >= 4 is 40.4 Å². The maximum absolute atomic E-state index is 15.4. The van der Waals surface area contributed by atoms with Gasteiger partial charge in [-0.1, -0.05) is 47.5 Å². The summed E-state index contributed by atoms with van der Waals surface area (Å²) in [4.78, 5) is 17.1. The Hall–Kier alpha value is -3.52. The Labute approximate surface area is 213 Å². The molecule has 35 heavy (non-hydrogen) atoms. The van der Waals surface area contributed by atoms with Crippen molar-refractivity contribution in [2.24, 2.45) is 5.73 Å². The third kappa shape index (κ3) is 4.12. The van der Waals surface area contributed by atoms with Gasteiger partial charge in [0.1, 0.15) is 11.6 Å². The van der Waals surface area contributed by atoms with E-state index in [0.717, 1.165) is 0 Å². The molecule has 4 nitrogen and oxygen atoms in total. The number of primary amides is 1. The zero-order valence-electron chi connectivity index (χ0n) is 17.8. The smallest absolute Gasteiger partial charge is 0.249 e. The van der Waals surface area contributed by atoms with Gasteiger partial charge in [-0.3, -0.25) is 9.36 Å². The van der Waals surface area contributed by atoms with Crippen LogP contribution in [0.3, 0.4) is 0 Å². The van der Waals surface area contributed by atoms with E-state index in [0.29, 0.717) is 33.9 Å². The van der Waals surface area contributed by atoms with E-state index in [4.69, 9.17) is 33.9 Å². The lowest BCUT2D eigenvalue weighted by Crippen LogP contribution is -2.12. The van der Waals surface area contributed by atoms with E-state index in [1.807, 2.05) is 16.8 Å². The molecule has 0 aliphatic carbocycles. The maximum atomic E-state index is 15.4. The Morgan fingerprint density at radius 2 is 1.74 bits per heavy atom. The lowest BCUT2D eigenvalue weighted by atomic mass is 9.99. The van der Waals surface area contributed by atoms with Gasteiger partial charge in [0.25, 0.3) is 0 Å². The number of halogens is 4. The highest BCUT2D eigenvalue weighted by atomic mass is 35.5. The standard InChI is InChI=1S/C26H15Cl2F2N3OS/c27-18-6-3-7-21(22(18)30)33-24(14-8-9-20(29)19(28)12-14)23(32-26(33)15-10-11-35-13-15)16-4-1-2-5-17(16)25(31)34/h1-13H,(H2,31,34). The Morgan fingerprint density at radius 3 is 2.46 bits per heavy atom. The van der Waals surface area contributed by atoms with Crippen LogP contribution in [0.4, 0.5) is 8.78 Å². The summed E-state index contributed by atoms with van der Waals surface area (Å²) >= 11 is 13.7. The molecule has 0 aliphatic heterocycles. The van der Waals surface area contributed by atoms with Crippen LogP contribution in [-0.4, -0.2) is 15.5 Å². The average Bonchev–Trinajstić information content (AvgIpc) is 3.51. The van der Waals surface area contributed by atoms with Crippen LogP contribution in [0.25, 0.3) is 39.6 Å². The van der Waals surface area contributed by atoms with E-state index in [9.17, 15) is 9.18 Å². The predicted octanol–water partition coefficient (Wildman–Crippen LogP) is 7.62. The number of nitrogens with two attached hydrogens (primary N) is 1. The van der Waals surface area contributed by atoms with Crippen LogP contribution in [0.5, 0.6) is 0 Å². The zero-order valence-corrected chi connectivity index (χ0v) is 20.1. The summed E-state index contributed by atoms with van der Waals surface area (Å²) < 4.78 is 31.1. The maximum Gasteiger partial charge on any atom is 0.249 e. The Kier molecular flexibility index (Phi) is 6.15. The first kappa shape index (κ1) is 23.2. The monoisotopic (exact) mass is 525 g/mol. The number of rotatable bonds is 5. The second-order valence-corrected chi connectivity index (χ2v) is 9.19. The molecule has 0 saturated carbocycles. The van der Waals surface area contributed by atoms with Crippen LogP contribution in [0.1, 0.15) is 10.4 Å². The second kappa shape index (κ2) is 9.26. The highest BCUT2D eigenvalue weighted by molar-refractivity contribution is 7.08. The first-order chi connectivity index (χ1) is 16.9. The average molecular weight is 526 g/mol. The third-order valence-electron chi connectivity index (χ3n) is 5.47.